The highest BCUT2D eigenvalue weighted by atomic mass is 19.1. The van der Waals surface area contributed by atoms with Gasteiger partial charge in [-0.1, -0.05) is 12.1 Å². The summed E-state index contributed by atoms with van der Waals surface area (Å²) in [6.45, 7) is 0.373. The highest BCUT2D eigenvalue weighted by molar-refractivity contribution is 6.06. The summed E-state index contributed by atoms with van der Waals surface area (Å²) >= 11 is 0. The monoisotopic (exact) mass is 393 g/mol. The third-order valence-electron chi connectivity index (χ3n) is 4.26. The molecule has 0 spiro atoms. The van der Waals surface area contributed by atoms with Gasteiger partial charge >= 0.3 is 0 Å². The van der Waals surface area contributed by atoms with Crippen LogP contribution in [0.15, 0.2) is 60.9 Å². The number of benzene rings is 2. The van der Waals surface area contributed by atoms with Crippen molar-refractivity contribution >= 4 is 17.5 Å². The number of ether oxygens (including phenoxy) is 2. The minimum Gasteiger partial charge on any atom is -0.454 e. The lowest BCUT2D eigenvalue weighted by Gasteiger charge is -2.08. The lowest BCUT2D eigenvalue weighted by molar-refractivity contribution is 0.0950. The largest absolute Gasteiger partial charge is 0.454 e. The van der Waals surface area contributed by atoms with Crippen molar-refractivity contribution in [3.05, 3.63) is 83.4 Å². The molecular weight excluding hydrogens is 377 g/mol. The molecule has 2 heterocycles. The average molecular weight is 393 g/mol. The van der Waals surface area contributed by atoms with E-state index in [1.807, 2.05) is 0 Å². The predicted molar refractivity (Wildman–Crippen MR) is 102 cm³/mol. The van der Waals surface area contributed by atoms with Crippen molar-refractivity contribution in [1.29, 1.82) is 0 Å². The maximum Gasteiger partial charge on any atom is 0.257 e. The molecule has 0 radical (unpaired) electrons. The Labute approximate surface area is 165 Å². The van der Waals surface area contributed by atoms with Crippen molar-refractivity contribution in [3.8, 4) is 11.5 Å². The number of fused-ring (bicyclic) bond motifs is 1. The zero-order valence-electron chi connectivity index (χ0n) is 15.1. The Morgan fingerprint density at radius 3 is 2.45 bits per heavy atom. The van der Waals surface area contributed by atoms with Gasteiger partial charge in [-0.05, 0) is 35.9 Å². The van der Waals surface area contributed by atoms with E-state index in [9.17, 15) is 14.0 Å². The first-order valence-electron chi connectivity index (χ1n) is 8.77. The summed E-state index contributed by atoms with van der Waals surface area (Å²) < 4.78 is 23.5. The Morgan fingerprint density at radius 1 is 0.931 bits per heavy atom. The highest BCUT2D eigenvalue weighted by Crippen LogP contribution is 2.34. The molecule has 0 unspecified atom stereocenters. The van der Waals surface area contributed by atoms with E-state index in [0.717, 1.165) is 5.56 Å². The molecule has 4 rings (SSSR count). The second kappa shape index (κ2) is 7.97. The molecule has 0 fully saturated rings. The van der Waals surface area contributed by atoms with E-state index in [1.54, 1.807) is 30.3 Å². The summed E-state index contributed by atoms with van der Waals surface area (Å²) in [6.07, 6.45) is 2.75. The Kier molecular flexibility index (Phi) is 5.07. The average Bonchev–Trinajstić information content (AvgIpc) is 3.21. The van der Waals surface area contributed by atoms with E-state index >= 15 is 0 Å². The zero-order chi connectivity index (χ0) is 20.2. The van der Waals surface area contributed by atoms with Crippen LogP contribution in [0, 0.1) is 5.82 Å². The van der Waals surface area contributed by atoms with Gasteiger partial charge in [-0.2, -0.15) is 0 Å². The van der Waals surface area contributed by atoms with Crippen LogP contribution < -0.4 is 20.1 Å². The smallest absolute Gasteiger partial charge is 0.257 e. The van der Waals surface area contributed by atoms with Gasteiger partial charge in [-0.25, -0.2) is 4.39 Å². The van der Waals surface area contributed by atoms with Gasteiger partial charge in [-0.3, -0.25) is 14.6 Å². The zero-order valence-corrected chi connectivity index (χ0v) is 15.1. The number of carbonyl (C=O) groups is 2. The fourth-order valence-corrected chi connectivity index (χ4v) is 2.75. The van der Waals surface area contributed by atoms with Crippen LogP contribution in [0.4, 0.5) is 10.1 Å². The van der Waals surface area contributed by atoms with Crippen LogP contribution in [0.1, 0.15) is 26.3 Å². The lowest BCUT2D eigenvalue weighted by atomic mass is 10.1. The van der Waals surface area contributed by atoms with Gasteiger partial charge in [0.25, 0.3) is 11.8 Å². The molecule has 2 aromatic carbocycles. The van der Waals surface area contributed by atoms with E-state index in [1.165, 1.54) is 30.6 Å². The SMILES string of the molecule is O=C(NCc1ccc(F)cc1)c1cncc(C(=O)Nc2ccc3c(c2)OCO3)c1. The molecule has 1 aliphatic rings. The van der Waals surface area contributed by atoms with Crippen molar-refractivity contribution in [2.24, 2.45) is 0 Å². The van der Waals surface area contributed by atoms with Gasteiger partial charge in [0.1, 0.15) is 5.82 Å². The van der Waals surface area contributed by atoms with Gasteiger partial charge < -0.3 is 20.1 Å². The van der Waals surface area contributed by atoms with Crippen LogP contribution in [-0.2, 0) is 6.54 Å². The van der Waals surface area contributed by atoms with Crippen molar-refractivity contribution in [3.63, 3.8) is 0 Å². The van der Waals surface area contributed by atoms with Crippen LogP contribution in [0.3, 0.4) is 0 Å². The Morgan fingerprint density at radius 2 is 1.66 bits per heavy atom. The molecule has 2 N–H and O–H groups in total. The summed E-state index contributed by atoms with van der Waals surface area (Å²) in [7, 11) is 0. The Bertz CT molecular complexity index is 1070. The molecule has 0 bridgehead atoms. The van der Waals surface area contributed by atoms with E-state index in [-0.39, 0.29) is 36.2 Å². The summed E-state index contributed by atoms with van der Waals surface area (Å²) in [6, 6.07) is 12.3. The van der Waals surface area contributed by atoms with Crippen LogP contribution in [0.2, 0.25) is 0 Å². The molecule has 7 nitrogen and oxygen atoms in total. The molecule has 8 heteroatoms. The maximum absolute atomic E-state index is 12.9. The molecule has 1 aliphatic heterocycles. The molecule has 0 saturated carbocycles. The summed E-state index contributed by atoms with van der Waals surface area (Å²) in [5, 5.41) is 5.45. The second-order valence-electron chi connectivity index (χ2n) is 6.29. The van der Waals surface area contributed by atoms with Crippen LogP contribution in [0.25, 0.3) is 0 Å². The molecule has 0 atom stereocenters. The molecule has 1 aromatic heterocycles. The summed E-state index contributed by atoms with van der Waals surface area (Å²) in [4.78, 5) is 28.8. The number of pyridine rings is 1. The molecule has 2 amide bonds. The summed E-state index contributed by atoms with van der Waals surface area (Å²) in [5.41, 5.74) is 1.76. The third-order valence-corrected chi connectivity index (χ3v) is 4.26. The highest BCUT2D eigenvalue weighted by Gasteiger charge is 2.16. The molecule has 0 saturated heterocycles. The molecule has 146 valence electrons. The van der Waals surface area contributed by atoms with E-state index in [2.05, 4.69) is 15.6 Å². The van der Waals surface area contributed by atoms with Gasteiger partial charge in [0, 0.05) is 30.7 Å². The topological polar surface area (TPSA) is 89.6 Å². The van der Waals surface area contributed by atoms with Gasteiger partial charge in [-0.15, -0.1) is 0 Å². The first kappa shape index (κ1) is 18.4. The van der Waals surface area contributed by atoms with Crippen molar-refractivity contribution < 1.29 is 23.5 Å². The van der Waals surface area contributed by atoms with Crippen molar-refractivity contribution in [1.82, 2.24) is 10.3 Å². The first-order chi connectivity index (χ1) is 14.1. The number of hydrogen-bond acceptors (Lipinski definition) is 5. The van der Waals surface area contributed by atoms with Crippen LogP contribution in [0.5, 0.6) is 11.5 Å². The second-order valence-corrected chi connectivity index (χ2v) is 6.29. The molecule has 29 heavy (non-hydrogen) atoms. The number of carbonyl (C=O) groups excluding carboxylic acids is 2. The minimum atomic E-state index is -0.412. The molecule has 3 aromatic rings. The van der Waals surface area contributed by atoms with Crippen molar-refractivity contribution in [2.45, 2.75) is 6.54 Å². The third kappa shape index (κ3) is 4.32. The fraction of sp³-hybridized carbons (Fsp3) is 0.0952. The van der Waals surface area contributed by atoms with Gasteiger partial charge in [0.05, 0.1) is 11.1 Å². The van der Waals surface area contributed by atoms with Crippen LogP contribution in [-0.4, -0.2) is 23.6 Å². The van der Waals surface area contributed by atoms with Crippen LogP contribution >= 0.6 is 0 Å². The van der Waals surface area contributed by atoms with Gasteiger partial charge in [0.2, 0.25) is 6.79 Å². The number of nitrogens with zero attached hydrogens (tertiary/aromatic N) is 1. The quantitative estimate of drug-likeness (QED) is 0.695. The number of hydrogen-bond donors (Lipinski definition) is 2. The number of nitrogens with one attached hydrogen (secondary N) is 2. The number of amides is 2. The lowest BCUT2D eigenvalue weighted by Crippen LogP contribution is -2.23. The normalized spacial score (nSPS) is 11.8. The Balaban J connectivity index is 1.41. The molecule has 0 aliphatic carbocycles. The van der Waals surface area contributed by atoms with E-state index in [0.29, 0.717) is 17.2 Å². The minimum absolute atomic E-state index is 0.145. The molecular formula is C21H16FN3O4. The first-order valence-corrected chi connectivity index (χ1v) is 8.77. The van der Waals surface area contributed by atoms with E-state index in [4.69, 9.17) is 9.47 Å². The number of aromatic nitrogens is 1. The Hall–Kier alpha value is -3.94. The number of halogens is 1. The van der Waals surface area contributed by atoms with E-state index < -0.39 is 5.91 Å². The predicted octanol–water partition coefficient (Wildman–Crippen LogP) is 3.13. The fourth-order valence-electron chi connectivity index (χ4n) is 2.75. The van der Waals surface area contributed by atoms with Crippen molar-refractivity contribution in [2.75, 3.05) is 12.1 Å². The number of rotatable bonds is 5. The summed E-state index contributed by atoms with van der Waals surface area (Å²) in [5.74, 6) is 0.0221. The number of anilines is 1. The van der Waals surface area contributed by atoms with Gasteiger partial charge in [0.15, 0.2) is 11.5 Å². The maximum atomic E-state index is 12.9. The standard InChI is InChI=1S/C21H16FN3O4/c22-16-3-1-13(2-4-16)9-24-20(26)14-7-15(11-23-10-14)21(27)25-17-5-6-18-19(8-17)29-12-28-18/h1-8,10-11H,9,12H2,(H,24,26)(H,25,27).